The maximum Gasteiger partial charge on any atom is 0.238 e. The highest BCUT2D eigenvalue weighted by Gasteiger charge is 2.21. The van der Waals surface area contributed by atoms with E-state index >= 15 is 0 Å². The quantitative estimate of drug-likeness (QED) is 0.775. The molecular formula is C20H27N5O2. The summed E-state index contributed by atoms with van der Waals surface area (Å²) in [5.41, 5.74) is 1.57. The minimum absolute atomic E-state index is 0.0544. The smallest absolute Gasteiger partial charge is 0.238 e. The first kappa shape index (κ1) is 19.1. The van der Waals surface area contributed by atoms with Gasteiger partial charge in [-0.25, -0.2) is 4.98 Å². The largest absolute Gasteiger partial charge is 0.335 e. The molecule has 1 N–H and O–H groups in total. The minimum Gasteiger partial charge on any atom is -0.335 e. The monoisotopic (exact) mass is 369 g/mol. The van der Waals surface area contributed by atoms with Crippen LogP contribution in [0.25, 0.3) is 0 Å². The van der Waals surface area contributed by atoms with Crippen LogP contribution in [-0.2, 0) is 16.1 Å². The van der Waals surface area contributed by atoms with E-state index in [4.69, 9.17) is 0 Å². The second-order valence-electron chi connectivity index (χ2n) is 7.01. The molecule has 2 aromatic rings. The van der Waals surface area contributed by atoms with E-state index < -0.39 is 0 Å². The third-order valence-electron chi connectivity index (χ3n) is 4.79. The average molecular weight is 369 g/mol. The molecule has 0 saturated carbocycles. The SMILES string of the molecule is Cc1nccn1CCCN(C)CC(=O)Nc1cccc(N2CCCC2=O)c1. The molecule has 2 heterocycles. The molecule has 1 aliphatic rings. The molecule has 7 heteroatoms. The molecule has 0 atom stereocenters. The molecule has 1 aromatic heterocycles. The van der Waals surface area contributed by atoms with Gasteiger partial charge in [0.05, 0.1) is 6.54 Å². The summed E-state index contributed by atoms with van der Waals surface area (Å²) in [5, 5.41) is 2.93. The third-order valence-corrected chi connectivity index (χ3v) is 4.79. The topological polar surface area (TPSA) is 70.5 Å². The van der Waals surface area contributed by atoms with Crippen LogP contribution in [0, 0.1) is 6.92 Å². The zero-order chi connectivity index (χ0) is 19.2. The number of nitrogens with zero attached hydrogens (tertiary/aromatic N) is 4. The lowest BCUT2D eigenvalue weighted by Gasteiger charge is -2.18. The van der Waals surface area contributed by atoms with Crippen LogP contribution in [0.15, 0.2) is 36.7 Å². The molecule has 144 valence electrons. The summed E-state index contributed by atoms with van der Waals surface area (Å²) in [5.74, 6) is 1.10. The molecule has 0 radical (unpaired) electrons. The van der Waals surface area contributed by atoms with Crippen molar-refractivity contribution >= 4 is 23.2 Å². The van der Waals surface area contributed by atoms with Crippen molar-refractivity contribution < 1.29 is 9.59 Å². The number of carbonyl (C=O) groups is 2. The normalized spacial score (nSPS) is 14.2. The average Bonchev–Trinajstić information content (AvgIpc) is 3.23. The summed E-state index contributed by atoms with van der Waals surface area (Å²) in [6, 6.07) is 7.49. The molecule has 1 aliphatic heterocycles. The third kappa shape index (κ3) is 5.17. The van der Waals surface area contributed by atoms with Gasteiger partial charge in [-0.2, -0.15) is 0 Å². The molecule has 1 aromatic carbocycles. The highest BCUT2D eigenvalue weighted by atomic mass is 16.2. The molecular weight excluding hydrogens is 342 g/mol. The Labute approximate surface area is 160 Å². The van der Waals surface area contributed by atoms with Gasteiger partial charge in [0, 0.05) is 49.8 Å². The van der Waals surface area contributed by atoms with Gasteiger partial charge in [0.25, 0.3) is 0 Å². The highest BCUT2D eigenvalue weighted by Crippen LogP contribution is 2.24. The number of hydrogen-bond acceptors (Lipinski definition) is 4. The van der Waals surface area contributed by atoms with Crippen molar-refractivity contribution in [3.8, 4) is 0 Å². The Balaban J connectivity index is 1.46. The van der Waals surface area contributed by atoms with E-state index in [-0.39, 0.29) is 11.8 Å². The Bertz CT molecular complexity index is 801. The van der Waals surface area contributed by atoms with Crippen LogP contribution in [0.1, 0.15) is 25.1 Å². The molecule has 1 saturated heterocycles. The number of benzene rings is 1. The first-order valence-corrected chi connectivity index (χ1v) is 9.39. The van der Waals surface area contributed by atoms with E-state index in [2.05, 4.69) is 14.9 Å². The van der Waals surface area contributed by atoms with Crippen LogP contribution in [0.5, 0.6) is 0 Å². The second kappa shape index (κ2) is 8.81. The first-order valence-electron chi connectivity index (χ1n) is 9.39. The summed E-state index contributed by atoms with van der Waals surface area (Å²) in [4.78, 5) is 32.2. The predicted octanol–water partition coefficient (Wildman–Crippen LogP) is 2.28. The van der Waals surface area contributed by atoms with Gasteiger partial charge in [-0.3, -0.25) is 14.5 Å². The van der Waals surface area contributed by atoms with Crippen LogP contribution in [0.3, 0.4) is 0 Å². The fraction of sp³-hybridized carbons (Fsp3) is 0.450. The van der Waals surface area contributed by atoms with Gasteiger partial charge in [-0.1, -0.05) is 6.07 Å². The van der Waals surface area contributed by atoms with Gasteiger partial charge < -0.3 is 14.8 Å². The molecule has 0 aliphatic carbocycles. The standard InChI is InChI=1S/C20H27N5O2/c1-16-21-9-13-24(16)11-5-10-23(2)15-19(26)22-17-6-3-7-18(14-17)25-12-4-8-20(25)27/h3,6-7,9,13-14H,4-5,8,10-12,15H2,1-2H3,(H,22,26). The second-order valence-corrected chi connectivity index (χ2v) is 7.01. The molecule has 0 bridgehead atoms. The van der Waals surface area contributed by atoms with Crippen molar-refractivity contribution in [1.82, 2.24) is 14.5 Å². The van der Waals surface area contributed by atoms with Gasteiger partial charge >= 0.3 is 0 Å². The molecule has 3 rings (SSSR count). The molecule has 0 spiro atoms. The van der Waals surface area contributed by atoms with E-state index in [1.807, 2.05) is 49.3 Å². The number of anilines is 2. The number of amides is 2. The number of imidazole rings is 1. The van der Waals surface area contributed by atoms with Gasteiger partial charge in [-0.15, -0.1) is 0 Å². The highest BCUT2D eigenvalue weighted by molar-refractivity contribution is 5.97. The number of carbonyl (C=O) groups excluding carboxylic acids is 2. The van der Waals surface area contributed by atoms with Crippen LogP contribution in [-0.4, -0.2) is 52.9 Å². The van der Waals surface area contributed by atoms with E-state index in [1.54, 1.807) is 11.1 Å². The summed E-state index contributed by atoms with van der Waals surface area (Å²) >= 11 is 0. The summed E-state index contributed by atoms with van der Waals surface area (Å²) in [7, 11) is 1.94. The van der Waals surface area contributed by atoms with Crippen molar-refractivity contribution in [3.05, 3.63) is 42.5 Å². The fourth-order valence-electron chi connectivity index (χ4n) is 3.35. The van der Waals surface area contributed by atoms with Crippen LogP contribution in [0.4, 0.5) is 11.4 Å². The van der Waals surface area contributed by atoms with E-state index in [0.717, 1.165) is 49.7 Å². The Kier molecular flexibility index (Phi) is 6.24. The Morgan fingerprint density at radius 3 is 2.93 bits per heavy atom. The van der Waals surface area contributed by atoms with Crippen molar-refractivity contribution in [2.45, 2.75) is 32.7 Å². The van der Waals surface area contributed by atoms with Crippen LogP contribution < -0.4 is 10.2 Å². The summed E-state index contributed by atoms with van der Waals surface area (Å²) in [6.45, 7) is 4.78. The Morgan fingerprint density at radius 1 is 1.37 bits per heavy atom. The number of aromatic nitrogens is 2. The molecule has 7 nitrogen and oxygen atoms in total. The molecule has 27 heavy (non-hydrogen) atoms. The summed E-state index contributed by atoms with van der Waals surface area (Å²) in [6.07, 6.45) is 6.21. The first-order chi connectivity index (χ1) is 13.0. The molecule has 0 unspecified atom stereocenters. The number of nitrogens with one attached hydrogen (secondary N) is 1. The van der Waals surface area contributed by atoms with Crippen molar-refractivity contribution in [1.29, 1.82) is 0 Å². The van der Waals surface area contributed by atoms with Crippen molar-refractivity contribution in [2.24, 2.45) is 0 Å². The van der Waals surface area contributed by atoms with Gasteiger partial charge in [0.2, 0.25) is 11.8 Å². The summed E-state index contributed by atoms with van der Waals surface area (Å²) < 4.78 is 2.11. The lowest BCUT2D eigenvalue weighted by atomic mass is 10.2. The zero-order valence-corrected chi connectivity index (χ0v) is 16.0. The lowest BCUT2D eigenvalue weighted by molar-refractivity contribution is -0.117. The maximum atomic E-state index is 12.3. The van der Waals surface area contributed by atoms with Crippen molar-refractivity contribution in [2.75, 3.05) is 36.9 Å². The maximum absolute atomic E-state index is 12.3. The Morgan fingerprint density at radius 2 is 2.22 bits per heavy atom. The predicted molar refractivity (Wildman–Crippen MR) is 106 cm³/mol. The zero-order valence-electron chi connectivity index (χ0n) is 16.0. The Hall–Kier alpha value is -2.67. The van der Waals surface area contributed by atoms with E-state index in [1.165, 1.54) is 0 Å². The van der Waals surface area contributed by atoms with Crippen LogP contribution >= 0.6 is 0 Å². The molecule has 2 amide bonds. The number of hydrogen-bond donors (Lipinski definition) is 1. The lowest BCUT2D eigenvalue weighted by Crippen LogP contribution is -2.31. The van der Waals surface area contributed by atoms with E-state index in [9.17, 15) is 9.59 Å². The minimum atomic E-state index is -0.0544. The van der Waals surface area contributed by atoms with Gasteiger partial charge in [-0.05, 0) is 45.0 Å². The van der Waals surface area contributed by atoms with E-state index in [0.29, 0.717) is 13.0 Å². The van der Waals surface area contributed by atoms with Gasteiger partial charge in [0.1, 0.15) is 5.82 Å². The van der Waals surface area contributed by atoms with Crippen molar-refractivity contribution in [3.63, 3.8) is 0 Å². The van der Waals surface area contributed by atoms with Crippen LogP contribution in [0.2, 0.25) is 0 Å². The van der Waals surface area contributed by atoms with Gasteiger partial charge in [0.15, 0.2) is 0 Å². The number of aryl methyl sites for hydroxylation is 2. The number of rotatable bonds is 8. The fourth-order valence-corrected chi connectivity index (χ4v) is 3.35. The molecule has 1 fully saturated rings. The number of likely N-dealkylation sites (N-methyl/N-ethyl adjacent to an activating group) is 1.